The van der Waals surface area contributed by atoms with Crippen LogP contribution in [0.1, 0.15) is 37.1 Å². The van der Waals surface area contributed by atoms with Crippen LogP contribution in [0.15, 0.2) is 18.7 Å². The van der Waals surface area contributed by atoms with Gasteiger partial charge in [-0.2, -0.15) is 0 Å². The minimum Gasteiger partial charge on any atom is -0.481 e. The second-order valence-corrected chi connectivity index (χ2v) is 4.93. The summed E-state index contributed by atoms with van der Waals surface area (Å²) >= 11 is 0. The minimum absolute atomic E-state index is 0.562. The van der Waals surface area contributed by atoms with Gasteiger partial charge in [0.15, 0.2) is 0 Å². The molecular weight excluding hydrogens is 238 g/mol. The number of hydrogen-bond acceptors (Lipinski definition) is 3. The van der Waals surface area contributed by atoms with Gasteiger partial charge in [0.1, 0.15) is 0 Å². The van der Waals surface area contributed by atoms with Gasteiger partial charge in [-0.3, -0.25) is 0 Å². The quantitative estimate of drug-likeness (QED) is 0.529. The number of aryl methyl sites for hydroxylation is 1. The van der Waals surface area contributed by atoms with Crippen molar-refractivity contribution in [1.29, 1.82) is 0 Å². The van der Waals surface area contributed by atoms with E-state index in [2.05, 4.69) is 31.5 Å². The van der Waals surface area contributed by atoms with E-state index in [0.29, 0.717) is 19.1 Å². The Hall–Kier alpha value is -1.35. The lowest BCUT2D eigenvalue weighted by Gasteiger charge is -2.17. The van der Waals surface area contributed by atoms with Crippen molar-refractivity contribution in [2.45, 2.75) is 40.2 Å². The monoisotopic (exact) mass is 263 g/mol. The van der Waals surface area contributed by atoms with Crippen LogP contribution in [0.25, 0.3) is 0 Å². The average Bonchev–Trinajstić information content (AvgIpc) is 2.41. The molecule has 1 aromatic rings. The molecule has 0 radical (unpaired) electrons. The van der Waals surface area contributed by atoms with Gasteiger partial charge in [0.25, 0.3) is 0 Å². The summed E-state index contributed by atoms with van der Waals surface area (Å²) in [6.45, 7) is 11.2. The van der Waals surface area contributed by atoms with E-state index in [9.17, 15) is 0 Å². The summed E-state index contributed by atoms with van der Waals surface area (Å²) in [5.41, 5.74) is 3.31. The van der Waals surface area contributed by atoms with Crippen LogP contribution < -0.4 is 4.74 Å². The summed E-state index contributed by atoms with van der Waals surface area (Å²) in [6.07, 6.45) is 3.88. The van der Waals surface area contributed by atoms with Gasteiger partial charge in [-0.05, 0) is 30.9 Å². The average molecular weight is 263 g/mol. The van der Waals surface area contributed by atoms with Crippen molar-refractivity contribution in [2.24, 2.45) is 5.92 Å². The number of rotatable bonds is 8. The lowest BCUT2D eigenvalue weighted by molar-refractivity contribution is 0.147. The standard InChI is InChI=1S/C16H25NO2/c1-6-8-19-11-14-10-13(4)17-16(18-5)15(14)9-12(3)7-2/h6,10,12H,1,7-9,11H2,2-5H3. The van der Waals surface area contributed by atoms with Gasteiger partial charge in [0, 0.05) is 11.3 Å². The SMILES string of the molecule is C=CCOCc1cc(C)nc(OC)c1CC(C)CC. The molecule has 0 bridgehead atoms. The molecule has 0 saturated carbocycles. The Bertz CT molecular complexity index is 415. The molecule has 1 heterocycles. The molecule has 0 aliphatic rings. The predicted octanol–water partition coefficient (Wildman–Crippen LogP) is 3.69. The molecule has 0 spiro atoms. The van der Waals surface area contributed by atoms with Gasteiger partial charge in [0.2, 0.25) is 5.88 Å². The van der Waals surface area contributed by atoms with E-state index in [0.717, 1.165) is 24.4 Å². The maximum absolute atomic E-state index is 5.58. The highest BCUT2D eigenvalue weighted by Crippen LogP contribution is 2.26. The Morgan fingerprint density at radius 2 is 2.21 bits per heavy atom. The van der Waals surface area contributed by atoms with Gasteiger partial charge in [0.05, 0.1) is 20.3 Å². The molecule has 1 rings (SSSR count). The van der Waals surface area contributed by atoms with E-state index in [4.69, 9.17) is 9.47 Å². The lowest BCUT2D eigenvalue weighted by Crippen LogP contribution is -2.08. The molecule has 0 aliphatic carbocycles. The zero-order chi connectivity index (χ0) is 14.3. The highest BCUT2D eigenvalue weighted by molar-refractivity contribution is 5.37. The van der Waals surface area contributed by atoms with Crippen LogP contribution in [0.2, 0.25) is 0 Å². The summed E-state index contributed by atoms with van der Waals surface area (Å²) in [6, 6.07) is 2.09. The summed E-state index contributed by atoms with van der Waals surface area (Å²) in [7, 11) is 1.68. The maximum atomic E-state index is 5.58. The lowest BCUT2D eigenvalue weighted by atomic mass is 9.96. The molecule has 0 N–H and O–H groups in total. The number of hydrogen-bond donors (Lipinski definition) is 0. The Morgan fingerprint density at radius 1 is 1.47 bits per heavy atom. The first-order chi connectivity index (χ1) is 9.12. The Morgan fingerprint density at radius 3 is 2.79 bits per heavy atom. The highest BCUT2D eigenvalue weighted by Gasteiger charge is 2.14. The molecule has 1 atom stereocenters. The van der Waals surface area contributed by atoms with Crippen molar-refractivity contribution in [2.75, 3.05) is 13.7 Å². The number of nitrogens with zero attached hydrogens (tertiary/aromatic N) is 1. The van der Waals surface area contributed by atoms with Crippen molar-refractivity contribution in [1.82, 2.24) is 4.98 Å². The topological polar surface area (TPSA) is 31.4 Å². The van der Waals surface area contributed by atoms with Crippen molar-refractivity contribution < 1.29 is 9.47 Å². The van der Waals surface area contributed by atoms with Gasteiger partial charge >= 0.3 is 0 Å². The van der Waals surface area contributed by atoms with Crippen molar-refractivity contribution in [3.05, 3.63) is 35.5 Å². The van der Waals surface area contributed by atoms with Gasteiger partial charge < -0.3 is 9.47 Å². The molecule has 19 heavy (non-hydrogen) atoms. The molecule has 0 aliphatic heterocycles. The third kappa shape index (κ3) is 4.67. The van der Waals surface area contributed by atoms with E-state index < -0.39 is 0 Å². The third-order valence-corrected chi connectivity index (χ3v) is 3.24. The molecule has 0 saturated heterocycles. The third-order valence-electron chi connectivity index (χ3n) is 3.24. The smallest absolute Gasteiger partial charge is 0.216 e. The van der Waals surface area contributed by atoms with Crippen LogP contribution in [-0.4, -0.2) is 18.7 Å². The number of aromatic nitrogens is 1. The van der Waals surface area contributed by atoms with Crippen LogP contribution in [0.4, 0.5) is 0 Å². The fourth-order valence-corrected chi connectivity index (χ4v) is 2.00. The molecule has 0 fully saturated rings. The first-order valence-electron chi connectivity index (χ1n) is 6.84. The van der Waals surface area contributed by atoms with Crippen molar-refractivity contribution in [3.8, 4) is 5.88 Å². The van der Waals surface area contributed by atoms with Crippen LogP contribution in [0.5, 0.6) is 5.88 Å². The summed E-state index contributed by atoms with van der Waals surface area (Å²) in [4.78, 5) is 4.47. The van der Waals surface area contributed by atoms with Gasteiger partial charge in [-0.25, -0.2) is 4.98 Å². The fraction of sp³-hybridized carbons (Fsp3) is 0.562. The van der Waals surface area contributed by atoms with E-state index in [-0.39, 0.29) is 0 Å². The zero-order valence-electron chi connectivity index (χ0n) is 12.5. The second kappa shape index (κ2) is 7.95. The summed E-state index contributed by atoms with van der Waals surface area (Å²) in [5.74, 6) is 1.34. The van der Waals surface area contributed by atoms with E-state index in [1.165, 1.54) is 11.1 Å². The Labute approximate surface area is 116 Å². The first-order valence-corrected chi connectivity index (χ1v) is 6.84. The molecule has 106 valence electrons. The van der Waals surface area contributed by atoms with Crippen molar-refractivity contribution in [3.63, 3.8) is 0 Å². The fourth-order valence-electron chi connectivity index (χ4n) is 2.00. The number of pyridine rings is 1. The van der Waals surface area contributed by atoms with Crippen molar-refractivity contribution >= 4 is 0 Å². The molecule has 1 unspecified atom stereocenters. The van der Waals surface area contributed by atoms with Crippen LogP contribution in [0, 0.1) is 12.8 Å². The molecule has 0 amide bonds. The summed E-state index contributed by atoms with van der Waals surface area (Å²) in [5, 5.41) is 0. The molecular formula is C16H25NO2. The van der Waals surface area contributed by atoms with Crippen LogP contribution >= 0.6 is 0 Å². The summed E-state index contributed by atoms with van der Waals surface area (Å²) < 4.78 is 11.0. The number of ether oxygens (including phenoxy) is 2. The second-order valence-electron chi connectivity index (χ2n) is 4.93. The first kappa shape index (κ1) is 15.7. The van der Waals surface area contributed by atoms with E-state index in [1.807, 2.05) is 6.92 Å². The predicted molar refractivity (Wildman–Crippen MR) is 78.5 cm³/mol. The highest BCUT2D eigenvalue weighted by atomic mass is 16.5. The van der Waals surface area contributed by atoms with Gasteiger partial charge in [-0.1, -0.05) is 26.3 Å². The molecule has 3 heteroatoms. The molecule has 1 aromatic heterocycles. The normalized spacial score (nSPS) is 12.2. The number of methoxy groups -OCH3 is 1. The minimum atomic E-state index is 0.562. The largest absolute Gasteiger partial charge is 0.481 e. The van der Waals surface area contributed by atoms with Crippen LogP contribution in [0.3, 0.4) is 0 Å². The maximum Gasteiger partial charge on any atom is 0.216 e. The molecule has 0 aromatic carbocycles. The Kier molecular flexibility index (Phi) is 6.57. The Balaban J connectivity index is 3.02. The van der Waals surface area contributed by atoms with E-state index in [1.54, 1.807) is 13.2 Å². The van der Waals surface area contributed by atoms with E-state index >= 15 is 0 Å². The zero-order valence-corrected chi connectivity index (χ0v) is 12.5. The van der Waals surface area contributed by atoms with Gasteiger partial charge in [-0.15, -0.1) is 6.58 Å². The molecule has 3 nitrogen and oxygen atoms in total. The van der Waals surface area contributed by atoms with Crippen LogP contribution in [-0.2, 0) is 17.8 Å².